The van der Waals surface area contributed by atoms with E-state index in [0.29, 0.717) is 0 Å². The fourth-order valence-corrected chi connectivity index (χ4v) is 6.33. The number of imide groups is 1. The summed E-state index contributed by atoms with van der Waals surface area (Å²) in [5, 5.41) is 0. The van der Waals surface area contributed by atoms with Gasteiger partial charge >= 0.3 is 6.18 Å². The van der Waals surface area contributed by atoms with Crippen LogP contribution in [-0.2, 0) is 20.6 Å². The SMILES string of the molecule is O=C1[C@@H]2[C@@H](C(=O)N1c1cccc(C(F)(F)F)c1)C1c3ccccc3C2(Cl)c2ccccc21. The molecule has 32 heavy (non-hydrogen) atoms. The Morgan fingerprint density at radius 1 is 0.812 bits per heavy atom. The van der Waals surface area contributed by atoms with Gasteiger partial charge < -0.3 is 0 Å². The van der Waals surface area contributed by atoms with E-state index < -0.39 is 40.3 Å². The van der Waals surface area contributed by atoms with Crippen LogP contribution < -0.4 is 4.90 Å². The Hall–Kier alpha value is -3.12. The van der Waals surface area contributed by atoms with Crippen molar-refractivity contribution in [3.63, 3.8) is 0 Å². The Labute approximate surface area is 186 Å². The van der Waals surface area contributed by atoms with Crippen LogP contribution in [0.2, 0.25) is 0 Å². The highest BCUT2D eigenvalue weighted by Gasteiger charge is 2.68. The van der Waals surface area contributed by atoms with E-state index in [9.17, 15) is 22.8 Å². The van der Waals surface area contributed by atoms with Crippen molar-refractivity contribution in [2.24, 2.45) is 11.8 Å². The first-order chi connectivity index (χ1) is 15.2. The van der Waals surface area contributed by atoms with Crippen molar-refractivity contribution in [2.75, 3.05) is 4.90 Å². The fraction of sp³-hybridized carbons (Fsp3) is 0.200. The molecule has 1 fully saturated rings. The zero-order valence-electron chi connectivity index (χ0n) is 16.4. The van der Waals surface area contributed by atoms with Crippen LogP contribution in [0.3, 0.4) is 0 Å². The molecule has 2 atom stereocenters. The number of amides is 2. The van der Waals surface area contributed by atoms with Crippen molar-refractivity contribution in [2.45, 2.75) is 17.0 Å². The Morgan fingerprint density at radius 3 is 2.00 bits per heavy atom. The standard InChI is InChI=1S/C25H15ClF3NO2/c26-24-17-10-3-1-8-15(17)19(16-9-2-4-11-18(16)24)20-21(24)23(32)30(22(20)31)14-7-5-6-13(12-14)25(27,28)29/h1-12,19-21H/t19?,20-,21-,24?/m0/s1. The molecule has 3 aromatic carbocycles. The highest BCUT2D eigenvalue weighted by Crippen LogP contribution is 2.65. The molecule has 3 nitrogen and oxygen atoms in total. The summed E-state index contributed by atoms with van der Waals surface area (Å²) in [7, 11) is 0. The van der Waals surface area contributed by atoms with E-state index >= 15 is 0 Å². The fourth-order valence-electron chi connectivity index (χ4n) is 5.75. The third kappa shape index (κ3) is 2.28. The first-order valence-electron chi connectivity index (χ1n) is 10.2. The average molecular weight is 454 g/mol. The molecule has 1 heterocycles. The van der Waals surface area contributed by atoms with Gasteiger partial charge in [0.05, 0.1) is 23.1 Å². The summed E-state index contributed by atoms with van der Waals surface area (Å²) in [4.78, 5) is 26.9. The third-order valence-corrected chi connectivity index (χ3v) is 7.59. The Bertz CT molecular complexity index is 1270. The molecule has 4 aliphatic rings. The molecule has 3 aliphatic carbocycles. The topological polar surface area (TPSA) is 37.4 Å². The van der Waals surface area contributed by atoms with E-state index in [-0.39, 0.29) is 11.6 Å². The minimum atomic E-state index is -4.59. The summed E-state index contributed by atoms with van der Waals surface area (Å²) in [5.41, 5.74) is 2.32. The number of carbonyl (C=O) groups excluding carboxylic acids is 2. The van der Waals surface area contributed by atoms with E-state index in [4.69, 9.17) is 11.6 Å². The zero-order valence-corrected chi connectivity index (χ0v) is 17.2. The molecule has 2 amide bonds. The van der Waals surface area contributed by atoms with Crippen LogP contribution in [0.4, 0.5) is 18.9 Å². The molecule has 1 aliphatic heterocycles. The minimum Gasteiger partial charge on any atom is -0.274 e. The normalized spacial score (nSPS) is 27.9. The number of rotatable bonds is 1. The number of nitrogens with zero attached hydrogens (tertiary/aromatic N) is 1. The van der Waals surface area contributed by atoms with Crippen molar-refractivity contribution < 1.29 is 22.8 Å². The lowest BCUT2D eigenvalue weighted by Crippen LogP contribution is -2.50. The van der Waals surface area contributed by atoms with Gasteiger partial charge in [-0.1, -0.05) is 54.6 Å². The molecule has 3 aromatic rings. The highest BCUT2D eigenvalue weighted by atomic mass is 35.5. The summed E-state index contributed by atoms with van der Waals surface area (Å²) in [6.45, 7) is 0. The summed E-state index contributed by atoms with van der Waals surface area (Å²) >= 11 is 7.30. The number of carbonyl (C=O) groups is 2. The molecule has 1 saturated heterocycles. The van der Waals surface area contributed by atoms with Gasteiger partial charge in [0, 0.05) is 5.92 Å². The van der Waals surface area contributed by atoms with Gasteiger partial charge in [0.15, 0.2) is 0 Å². The quantitative estimate of drug-likeness (QED) is 0.363. The molecule has 7 rings (SSSR count). The number of halogens is 4. The van der Waals surface area contributed by atoms with E-state index in [1.807, 2.05) is 48.5 Å². The van der Waals surface area contributed by atoms with Crippen LogP contribution in [0.15, 0.2) is 72.8 Å². The number of hydrogen-bond acceptors (Lipinski definition) is 2. The first kappa shape index (κ1) is 19.6. The van der Waals surface area contributed by atoms with E-state index in [1.54, 1.807) is 0 Å². The molecule has 0 unspecified atom stereocenters. The van der Waals surface area contributed by atoms with Crippen LogP contribution >= 0.6 is 11.6 Å². The Balaban J connectivity index is 1.56. The predicted molar refractivity (Wildman–Crippen MR) is 112 cm³/mol. The van der Waals surface area contributed by atoms with Crippen LogP contribution in [-0.4, -0.2) is 11.8 Å². The summed E-state index contributed by atoms with van der Waals surface area (Å²) in [6.07, 6.45) is -4.59. The largest absolute Gasteiger partial charge is 0.416 e. The molecule has 7 heteroatoms. The number of alkyl halides is 4. The van der Waals surface area contributed by atoms with Gasteiger partial charge in [-0.15, -0.1) is 11.6 Å². The van der Waals surface area contributed by atoms with Crippen molar-refractivity contribution in [1.82, 2.24) is 0 Å². The number of hydrogen-bond donors (Lipinski definition) is 0. The maximum Gasteiger partial charge on any atom is 0.416 e. The van der Waals surface area contributed by atoms with Crippen LogP contribution in [0.5, 0.6) is 0 Å². The van der Waals surface area contributed by atoms with Gasteiger partial charge in [0.1, 0.15) is 4.87 Å². The second-order valence-corrected chi connectivity index (χ2v) is 9.02. The monoisotopic (exact) mass is 453 g/mol. The van der Waals surface area contributed by atoms with Crippen molar-refractivity contribution in [1.29, 1.82) is 0 Å². The average Bonchev–Trinajstić information content (AvgIpc) is 3.05. The Morgan fingerprint density at radius 2 is 1.41 bits per heavy atom. The van der Waals surface area contributed by atoms with Gasteiger partial charge in [-0.05, 0) is 40.5 Å². The predicted octanol–water partition coefficient (Wildman–Crippen LogP) is 5.45. The lowest BCUT2D eigenvalue weighted by molar-refractivity contribution is -0.137. The van der Waals surface area contributed by atoms with Crippen molar-refractivity contribution >= 4 is 29.1 Å². The van der Waals surface area contributed by atoms with E-state index in [2.05, 4.69) is 0 Å². The van der Waals surface area contributed by atoms with Crippen molar-refractivity contribution in [3.05, 3.63) is 101 Å². The molecule has 0 aromatic heterocycles. The molecule has 160 valence electrons. The maximum absolute atomic E-state index is 13.7. The van der Waals surface area contributed by atoms with Crippen LogP contribution in [0.1, 0.15) is 33.7 Å². The zero-order chi connectivity index (χ0) is 22.4. The molecular formula is C25H15ClF3NO2. The van der Waals surface area contributed by atoms with Gasteiger partial charge in [0.25, 0.3) is 0 Å². The molecule has 2 bridgehead atoms. The minimum absolute atomic E-state index is 0.0861. The van der Waals surface area contributed by atoms with Crippen LogP contribution in [0.25, 0.3) is 0 Å². The van der Waals surface area contributed by atoms with E-state index in [1.165, 1.54) is 12.1 Å². The Kier molecular flexibility index (Phi) is 3.81. The van der Waals surface area contributed by atoms with Gasteiger partial charge in [-0.25, -0.2) is 4.90 Å². The van der Waals surface area contributed by atoms with E-state index in [0.717, 1.165) is 39.3 Å². The lowest BCUT2D eigenvalue weighted by Gasteiger charge is -2.50. The lowest BCUT2D eigenvalue weighted by atomic mass is 9.54. The molecule has 0 saturated carbocycles. The van der Waals surface area contributed by atoms with Crippen LogP contribution in [0, 0.1) is 11.8 Å². The number of anilines is 1. The van der Waals surface area contributed by atoms with Gasteiger partial charge in [-0.2, -0.15) is 13.2 Å². The molecule has 0 N–H and O–H groups in total. The molecule has 0 spiro atoms. The van der Waals surface area contributed by atoms with Gasteiger partial charge in [-0.3, -0.25) is 9.59 Å². The second kappa shape index (κ2) is 6.23. The third-order valence-electron chi connectivity index (χ3n) is 6.95. The second-order valence-electron chi connectivity index (χ2n) is 8.43. The maximum atomic E-state index is 13.7. The summed E-state index contributed by atoms with van der Waals surface area (Å²) < 4.78 is 39.9. The van der Waals surface area contributed by atoms with Gasteiger partial charge in [0.2, 0.25) is 11.8 Å². The molecule has 0 radical (unpaired) electrons. The van der Waals surface area contributed by atoms with Crippen molar-refractivity contribution in [3.8, 4) is 0 Å². The smallest absolute Gasteiger partial charge is 0.274 e. The highest BCUT2D eigenvalue weighted by molar-refractivity contribution is 6.33. The summed E-state index contributed by atoms with van der Waals surface area (Å²) in [6, 6.07) is 19.3. The summed E-state index contributed by atoms with van der Waals surface area (Å²) in [5.74, 6) is -3.15. The first-order valence-corrected chi connectivity index (χ1v) is 10.5. The number of benzene rings is 3. The molecular weight excluding hydrogens is 439 g/mol.